The molecule has 1 N–H and O–H groups in total. The van der Waals surface area contributed by atoms with E-state index in [2.05, 4.69) is 31.3 Å². The molecule has 144 valence electrons. The van der Waals surface area contributed by atoms with Gasteiger partial charge in [-0.1, -0.05) is 34.1 Å². The van der Waals surface area contributed by atoms with Gasteiger partial charge in [0.1, 0.15) is 5.82 Å². The Bertz CT molecular complexity index is 1170. The van der Waals surface area contributed by atoms with Crippen molar-refractivity contribution in [2.45, 2.75) is 6.92 Å². The molecule has 3 aromatic carbocycles. The second-order valence-electron chi connectivity index (χ2n) is 6.43. The van der Waals surface area contributed by atoms with E-state index in [1.807, 2.05) is 55.5 Å². The summed E-state index contributed by atoms with van der Waals surface area (Å²) in [6.07, 6.45) is 0. The summed E-state index contributed by atoms with van der Waals surface area (Å²) in [4.78, 5) is 17.3. The maximum absolute atomic E-state index is 13.4. The number of rotatable bonds is 4. The summed E-state index contributed by atoms with van der Waals surface area (Å²) in [6, 6.07) is 20.9. The molecule has 0 saturated heterocycles. The van der Waals surface area contributed by atoms with Crippen LogP contribution in [0, 0.1) is 12.7 Å². The van der Waals surface area contributed by atoms with Crippen LogP contribution in [0.15, 0.2) is 77.3 Å². The van der Waals surface area contributed by atoms with Crippen LogP contribution >= 0.6 is 15.9 Å². The van der Waals surface area contributed by atoms with E-state index in [0.717, 1.165) is 15.7 Å². The number of carbonyl (C=O) groups is 1. The van der Waals surface area contributed by atoms with E-state index < -0.39 is 5.91 Å². The molecule has 29 heavy (non-hydrogen) atoms. The number of carbonyl (C=O) groups excluding carboxylic acids is 1. The van der Waals surface area contributed by atoms with Gasteiger partial charge in [-0.2, -0.15) is 0 Å². The van der Waals surface area contributed by atoms with Crippen LogP contribution in [0.3, 0.4) is 0 Å². The van der Waals surface area contributed by atoms with Crippen LogP contribution in [-0.2, 0) is 0 Å². The van der Waals surface area contributed by atoms with E-state index in [1.54, 1.807) is 16.8 Å². The molecule has 4 rings (SSSR count). The van der Waals surface area contributed by atoms with Gasteiger partial charge < -0.3 is 5.32 Å². The minimum Gasteiger partial charge on any atom is -0.319 e. The van der Waals surface area contributed by atoms with E-state index in [1.165, 1.54) is 12.1 Å². The highest BCUT2D eigenvalue weighted by atomic mass is 79.9. The van der Waals surface area contributed by atoms with E-state index >= 15 is 0 Å². The second-order valence-corrected chi connectivity index (χ2v) is 7.34. The maximum atomic E-state index is 13.4. The van der Waals surface area contributed by atoms with Crippen LogP contribution in [0.2, 0.25) is 0 Å². The lowest BCUT2D eigenvalue weighted by Crippen LogP contribution is -2.15. The Balaban J connectivity index is 1.74. The van der Waals surface area contributed by atoms with Crippen molar-refractivity contribution in [1.29, 1.82) is 0 Å². The number of halogens is 2. The molecular formula is C22H16BrFN4O. The summed E-state index contributed by atoms with van der Waals surface area (Å²) in [5.74, 6) is -0.291. The number of anilines is 1. The molecule has 1 aromatic heterocycles. The Labute approximate surface area is 175 Å². The highest BCUT2D eigenvalue weighted by Crippen LogP contribution is 2.23. The van der Waals surface area contributed by atoms with Gasteiger partial charge >= 0.3 is 0 Å². The maximum Gasteiger partial charge on any atom is 0.295 e. The van der Waals surface area contributed by atoms with Gasteiger partial charge in [0, 0.05) is 15.7 Å². The summed E-state index contributed by atoms with van der Waals surface area (Å²) in [6.45, 7) is 1.90. The summed E-state index contributed by atoms with van der Waals surface area (Å²) in [5.41, 5.74) is 2.99. The van der Waals surface area contributed by atoms with Gasteiger partial charge in [0.05, 0.1) is 5.69 Å². The van der Waals surface area contributed by atoms with Crippen LogP contribution in [-0.4, -0.2) is 20.7 Å². The quantitative estimate of drug-likeness (QED) is 0.452. The van der Waals surface area contributed by atoms with Gasteiger partial charge in [-0.15, -0.1) is 5.10 Å². The lowest BCUT2D eigenvalue weighted by Gasteiger charge is -2.06. The number of aromatic nitrogens is 3. The largest absolute Gasteiger partial charge is 0.319 e. The van der Waals surface area contributed by atoms with Gasteiger partial charge in [-0.3, -0.25) is 4.79 Å². The molecule has 1 amide bonds. The van der Waals surface area contributed by atoms with Crippen molar-refractivity contribution in [2.24, 2.45) is 0 Å². The lowest BCUT2D eigenvalue weighted by atomic mass is 10.2. The van der Waals surface area contributed by atoms with E-state index in [0.29, 0.717) is 17.1 Å². The number of para-hydroxylation sites is 1. The number of amides is 1. The highest BCUT2D eigenvalue weighted by Gasteiger charge is 2.19. The van der Waals surface area contributed by atoms with Crippen LogP contribution in [0.1, 0.15) is 16.2 Å². The molecule has 5 nitrogen and oxygen atoms in total. The molecule has 4 aromatic rings. The molecule has 0 radical (unpaired) electrons. The molecule has 0 atom stereocenters. The normalized spacial score (nSPS) is 10.7. The van der Waals surface area contributed by atoms with Gasteiger partial charge in [-0.05, 0) is 67.1 Å². The first-order valence-corrected chi connectivity index (χ1v) is 9.66. The molecular weight excluding hydrogens is 435 g/mol. The van der Waals surface area contributed by atoms with E-state index in [9.17, 15) is 9.18 Å². The second kappa shape index (κ2) is 7.97. The highest BCUT2D eigenvalue weighted by molar-refractivity contribution is 9.10. The van der Waals surface area contributed by atoms with Gasteiger partial charge in [-0.25, -0.2) is 14.1 Å². The zero-order valence-corrected chi connectivity index (χ0v) is 17.0. The Morgan fingerprint density at radius 2 is 1.76 bits per heavy atom. The molecule has 0 unspecified atom stereocenters. The Hall–Kier alpha value is -3.32. The average molecular weight is 451 g/mol. The third-order valence-electron chi connectivity index (χ3n) is 4.35. The topological polar surface area (TPSA) is 59.8 Å². The smallest absolute Gasteiger partial charge is 0.295 e. The summed E-state index contributed by atoms with van der Waals surface area (Å²) in [7, 11) is 0. The van der Waals surface area contributed by atoms with Crippen LogP contribution in [0.5, 0.6) is 0 Å². The molecule has 0 fully saturated rings. The van der Waals surface area contributed by atoms with Crippen molar-refractivity contribution in [3.05, 3.63) is 94.5 Å². The molecule has 1 heterocycles. The van der Waals surface area contributed by atoms with Crippen molar-refractivity contribution >= 4 is 27.5 Å². The molecule has 0 aliphatic heterocycles. The molecule has 0 saturated carbocycles. The van der Waals surface area contributed by atoms with Gasteiger partial charge in [0.2, 0.25) is 5.82 Å². The average Bonchev–Trinajstić information content (AvgIpc) is 3.17. The molecule has 0 spiro atoms. The Morgan fingerprint density at radius 3 is 2.45 bits per heavy atom. The first-order valence-electron chi connectivity index (χ1n) is 8.87. The predicted octanol–water partition coefficient (Wildman–Crippen LogP) is 5.40. The predicted molar refractivity (Wildman–Crippen MR) is 114 cm³/mol. The van der Waals surface area contributed by atoms with Crippen molar-refractivity contribution in [2.75, 3.05) is 5.32 Å². The fourth-order valence-corrected chi connectivity index (χ4v) is 3.36. The number of nitrogens with one attached hydrogen (secondary N) is 1. The number of nitrogens with zero attached hydrogens (tertiary/aromatic N) is 3. The first kappa shape index (κ1) is 19.0. The molecule has 7 heteroatoms. The van der Waals surface area contributed by atoms with Crippen molar-refractivity contribution in [3.8, 4) is 17.1 Å². The van der Waals surface area contributed by atoms with Gasteiger partial charge in [0.15, 0.2) is 5.82 Å². The zero-order chi connectivity index (χ0) is 20.4. The Morgan fingerprint density at radius 1 is 1.03 bits per heavy atom. The van der Waals surface area contributed by atoms with Crippen LogP contribution < -0.4 is 5.32 Å². The lowest BCUT2D eigenvalue weighted by molar-refractivity contribution is 0.101. The summed E-state index contributed by atoms with van der Waals surface area (Å²) >= 11 is 3.41. The fraction of sp³-hybridized carbons (Fsp3) is 0.0455. The molecule has 0 aliphatic rings. The standard InChI is InChI=1S/C22H16BrFN4O/c1-14-13-16(23)9-12-19(14)25-22(29)20-26-21(15-7-10-17(24)11-8-15)28(27-20)18-5-3-2-4-6-18/h2-13H,1H3,(H,25,29). The van der Waals surface area contributed by atoms with E-state index in [4.69, 9.17) is 0 Å². The van der Waals surface area contributed by atoms with Crippen LogP contribution in [0.4, 0.5) is 10.1 Å². The SMILES string of the molecule is Cc1cc(Br)ccc1NC(=O)c1nc(-c2ccc(F)cc2)n(-c2ccccc2)n1. The summed E-state index contributed by atoms with van der Waals surface area (Å²) < 4.78 is 15.9. The minimum atomic E-state index is -0.423. The third-order valence-corrected chi connectivity index (χ3v) is 4.84. The molecule has 0 bridgehead atoms. The number of aryl methyl sites for hydroxylation is 1. The molecule has 0 aliphatic carbocycles. The van der Waals surface area contributed by atoms with Gasteiger partial charge in [0.25, 0.3) is 5.91 Å². The third kappa shape index (κ3) is 4.09. The zero-order valence-electron chi connectivity index (χ0n) is 15.4. The number of hydrogen-bond donors (Lipinski definition) is 1. The number of hydrogen-bond acceptors (Lipinski definition) is 3. The summed E-state index contributed by atoms with van der Waals surface area (Å²) in [5, 5.41) is 7.26. The van der Waals surface area contributed by atoms with E-state index in [-0.39, 0.29) is 11.6 Å². The first-order chi connectivity index (χ1) is 14.0. The van der Waals surface area contributed by atoms with Crippen LogP contribution in [0.25, 0.3) is 17.1 Å². The monoisotopic (exact) mass is 450 g/mol. The van der Waals surface area contributed by atoms with Crippen molar-refractivity contribution in [1.82, 2.24) is 14.8 Å². The Kier molecular flexibility index (Phi) is 5.22. The van der Waals surface area contributed by atoms with Crippen molar-refractivity contribution < 1.29 is 9.18 Å². The fourth-order valence-electron chi connectivity index (χ4n) is 2.89. The number of benzene rings is 3. The van der Waals surface area contributed by atoms with Crippen molar-refractivity contribution in [3.63, 3.8) is 0 Å². The minimum absolute atomic E-state index is 0.0236.